The molecule has 194 valence electrons. The molecule has 1 atom stereocenters. The molecule has 2 aliphatic rings. The summed E-state index contributed by atoms with van der Waals surface area (Å²) in [6.07, 6.45) is 1.73. The van der Waals surface area contributed by atoms with Crippen molar-refractivity contribution in [3.63, 3.8) is 0 Å². The highest BCUT2D eigenvalue weighted by atomic mass is 79.9. The number of benzene rings is 2. The molecule has 3 heterocycles. The summed E-state index contributed by atoms with van der Waals surface area (Å²) in [5, 5.41) is 4.93. The Labute approximate surface area is 228 Å². The largest absolute Gasteiger partial charge is 0.454 e. The minimum Gasteiger partial charge on any atom is -0.454 e. The molecule has 8 nitrogen and oxygen atoms in total. The number of rotatable bonds is 9. The van der Waals surface area contributed by atoms with Gasteiger partial charge in [0.2, 0.25) is 12.7 Å². The molecule has 1 unspecified atom stereocenters. The van der Waals surface area contributed by atoms with Gasteiger partial charge in [0.25, 0.3) is 0 Å². The van der Waals surface area contributed by atoms with Crippen LogP contribution in [0.5, 0.6) is 11.5 Å². The van der Waals surface area contributed by atoms with Gasteiger partial charge >= 0.3 is 6.03 Å². The molecule has 0 bridgehead atoms. The zero-order valence-corrected chi connectivity index (χ0v) is 22.6. The standard InChI is InChI=1S/C27H28BrN3O5S/c28-22-7-1-2-8-23(22)29-27(33)31(15-20-5-3-11-34-20)17-26(32)30(16-21-6-4-12-37-21)14-19-9-10-24-25(13-19)36-18-35-24/h1-2,4,6-10,12-13,20H,3,5,11,14-18H2,(H,29,33). The molecule has 1 N–H and O–H groups in total. The minimum absolute atomic E-state index is 0.0634. The SMILES string of the molecule is O=C(CN(CC1CCCO1)C(=O)Nc1ccccc1Br)N(Cc1ccc2c(c1)OCO2)Cc1cccs1. The van der Waals surface area contributed by atoms with Crippen molar-refractivity contribution in [3.05, 3.63) is 74.9 Å². The molecule has 10 heteroatoms. The summed E-state index contributed by atoms with van der Waals surface area (Å²) >= 11 is 5.07. The second-order valence-corrected chi connectivity index (χ2v) is 10.8. The Morgan fingerprint density at radius 1 is 1.03 bits per heavy atom. The molecule has 1 saturated heterocycles. The fourth-order valence-electron chi connectivity index (χ4n) is 4.36. The van der Waals surface area contributed by atoms with E-state index in [1.165, 1.54) is 0 Å². The molecule has 2 aliphatic heterocycles. The van der Waals surface area contributed by atoms with Gasteiger partial charge in [0.1, 0.15) is 6.54 Å². The number of urea groups is 1. The lowest BCUT2D eigenvalue weighted by molar-refractivity contribution is -0.133. The van der Waals surface area contributed by atoms with Crippen LogP contribution < -0.4 is 14.8 Å². The van der Waals surface area contributed by atoms with Crippen molar-refractivity contribution in [2.45, 2.75) is 32.0 Å². The van der Waals surface area contributed by atoms with Gasteiger partial charge in [-0.3, -0.25) is 4.79 Å². The molecule has 1 aromatic heterocycles. The highest BCUT2D eigenvalue weighted by molar-refractivity contribution is 9.10. The average Bonchev–Trinajstić information content (AvgIpc) is 3.68. The summed E-state index contributed by atoms with van der Waals surface area (Å²) in [6.45, 7) is 1.98. The van der Waals surface area contributed by atoms with Crippen molar-refractivity contribution in [2.24, 2.45) is 0 Å². The summed E-state index contributed by atoms with van der Waals surface area (Å²) in [5.41, 5.74) is 1.57. The number of nitrogens with one attached hydrogen (secondary N) is 1. The van der Waals surface area contributed by atoms with Crippen molar-refractivity contribution in [3.8, 4) is 11.5 Å². The normalized spacial score (nSPS) is 16.0. The molecular weight excluding hydrogens is 558 g/mol. The highest BCUT2D eigenvalue weighted by Crippen LogP contribution is 2.33. The lowest BCUT2D eigenvalue weighted by Crippen LogP contribution is -2.46. The zero-order chi connectivity index (χ0) is 25.6. The number of halogens is 1. The summed E-state index contributed by atoms with van der Waals surface area (Å²) in [7, 11) is 0. The van der Waals surface area contributed by atoms with Crippen molar-refractivity contribution in [1.82, 2.24) is 9.80 Å². The number of carbonyl (C=O) groups excluding carboxylic acids is 2. The quantitative estimate of drug-likeness (QED) is 0.359. The highest BCUT2D eigenvalue weighted by Gasteiger charge is 2.27. The Balaban J connectivity index is 1.34. The second-order valence-electron chi connectivity index (χ2n) is 8.94. The van der Waals surface area contributed by atoms with Gasteiger partial charge < -0.3 is 29.3 Å². The van der Waals surface area contributed by atoms with E-state index in [-0.39, 0.29) is 31.4 Å². The molecular formula is C27H28BrN3O5S. The van der Waals surface area contributed by atoms with Gasteiger partial charge in [-0.1, -0.05) is 24.3 Å². The first-order valence-electron chi connectivity index (χ1n) is 12.2. The number of hydrogen-bond acceptors (Lipinski definition) is 6. The summed E-state index contributed by atoms with van der Waals surface area (Å²) < 4.78 is 17.5. The predicted octanol–water partition coefficient (Wildman–Crippen LogP) is 5.48. The van der Waals surface area contributed by atoms with Crippen LogP contribution in [0.15, 0.2) is 64.5 Å². The van der Waals surface area contributed by atoms with Crippen LogP contribution >= 0.6 is 27.3 Å². The van der Waals surface area contributed by atoms with Gasteiger partial charge in [-0.05, 0) is 70.0 Å². The first-order chi connectivity index (χ1) is 18.0. The molecule has 0 radical (unpaired) electrons. The lowest BCUT2D eigenvalue weighted by atomic mass is 10.1. The van der Waals surface area contributed by atoms with Gasteiger partial charge in [-0.2, -0.15) is 0 Å². The van der Waals surface area contributed by atoms with Gasteiger partial charge in [0.05, 0.1) is 18.3 Å². The number of anilines is 1. The molecule has 2 aromatic carbocycles. The molecule has 0 aliphatic carbocycles. The van der Waals surface area contributed by atoms with Gasteiger partial charge in [-0.25, -0.2) is 4.79 Å². The third-order valence-corrected chi connectivity index (χ3v) is 7.82. The van der Waals surface area contributed by atoms with E-state index in [0.717, 1.165) is 27.8 Å². The fourth-order valence-corrected chi connectivity index (χ4v) is 5.46. The molecule has 3 amide bonds. The monoisotopic (exact) mass is 585 g/mol. The Bertz CT molecular complexity index is 1230. The van der Waals surface area contributed by atoms with E-state index in [9.17, 15) is 9.59 Å². The maximum atomic E-state index is 13.7. The van der Waals surface area contributed by atoms with E-state index in [0.29, 0.717) is 43.4 Å². The number of amides is 3. The van der Waals surface area contributed by atoms with Crippen LogP contribution in [0, 0.1) is 0 Å². The van der Waals surface area contributed by atoms with E-state index in [1.807, 2.05) is 60.0 Å². The maximum Gasteiger partial charge on any atom is 0.322 e. The molecule has 0 saturated carbocycles. The fraction of sp³-hybridized carbons (Fsp3) is 0.333. The third kappa shape index (κ3) is 6.63. The maximum absolute atomic E-state index is 13.7. The summed E-state index contributed by atoms with van der Waals surface area (Å²) in [5.74, 6) is 1.23. The van der Waals surface area contributed by atoms with E-state index in [1.54, 1.807) is 21.1 Å². The lowest BCUT2D eigenvalue weighted by Gasteiger charge is -2.29. The van der Waals surface area contributed by atoms with Crippen LogP contribution in [0.2, 0.25) is 0 Å². The van der Waals surface area contributed by atoms with Gasteiger partial charge in [0.15, 0.2) is 11.5 Å². The number of thiophene rings is 1. The Morgan fingerprint density at radius 2 is 1.89 bits per heavy atom. The molecule has 0 spiro atoms. The van der Waals surface area contributed by atoms with Gasteiger partial charge in [0, 0.05) is 29.0 Å². The molecule has 1 fully saturated rings. The Kier molecular flexibility index (Phi) is 8.28. The van der Waals surface area contributed by atoms with E-state index < -0.39 is 0 Å². The van der Waals surface area contributed by atoms with Crippen LogP contribution in [0.1, 0.15) is 23.3 Å². The Hall–Kier alpha value is -3.08. The Morgan fingerprint density at radius 3 is 2.68 bits per heavy atom. The first-order valence-corrected chi connectivity index (χ1v) is 13.8. The summed E-state index contributed by atoms with van der Waals surface area (Å²) in [6, 6.07) is 16.8. The average molecular weight is 587 g/mol. The zero-order valence-electron chi connectivity index (χ0n) is 20.2. The predicted molar refractivity (Wildman–Crippen MR) is 145 cm³/mol. The summed E-state index contributed by atoms with van der Waals surface area (Å²) in [4.78, 5) is 31.5. The van der Waals surface area contributed by atoms with Crippen LogP contribution in [-0.2, 0) is 22.6 Å². The first kappa shape index (κ1) is 25.6. The topological polar surface area (TPSA) is 80.3 Å². The van der Waals surface area contributed by atoms with Gasteiger partial charge in [-0.15, -0.1) is 11.3 Å². The molecule has 5 rings (SSSR count). The van der Waals surface area contributed by atoms with Crippen molar-refractivity contribution in [1.29, 1.82) is 0 Å². The number of carbonyl (C=O) groups is 2. The number of para-hydroxylation sites is 1. The van der Waals surface area contributed by atoms with Crippen LogP contribution in [0.4, 0.5) is 10.5 Å². The third-order valence-electron chi connectivity index (χ3n) is 6.27. The van der Waals surface area contributed by atoms with Crippen LogP contribution in [-0.4, -0.2) is 54.3 Å². The van der Waals surface area contributed by atoms with E-state index in [2.05, 4.69) is 21.2 Å². The van der Waals surface area contributed by atoms with Crippen molar-refractivity contribution < 1.29 is 23.8 Å². The van der Waals surface area contributed by atoms with Crippen molar-refractivity contribution in [2.75, 3.05) is 31.8 Å². The molecule has 37 heavy (non-hydrogen) atoms. The van der Waals surface area contributed by atoms with Crippen LogP contribution in [0.3, 0.4) is 0 Å². The minimum atomic E-state index is -0.338. The number of nitrogens with zero attached hydrogens (tertiary/aromatic N) is 2. The number of ether oxygens (including phenoxy) is 3. The second kappa shape index (κ2) is 12.0. The van der Waals surface area contributed by atoms with Crippen molar-refractivity contribution >= 4 is 44.9 Å². The molecule has 3 aromatic rings. The van der Waals surface area contributed by atoms with E-state index >= 15 is 0 Å². The van der Waals surface area contributed by atoms with E-state index in [4.69, 9.17) is 14.2 Å². The number of hydrogen-bond donors (Lipinski definition) is 1. The van der Waals surface area contributed by atoms with Crippen LogP contribution in [0.25, 0.3) is 0 Å². The number of fused-ring (bicyclic) bond motifs is 1. The smallest absolute Gasteiger partial charge is 0.322 e.